The fourth-order valence-corrected chi connectivity index (χ4v) is 2.41. The number of fused-ring (bicyclic) bond motifs is 1. The zero-order chi connectivity index (χ0) is 16.5. The van der Waals surface area contributed by atoms with E-state index in [1.165, 1.54) is 6.07 Å². The largest absolute Gasteiger partial charge is 0.437 e. The van der Waals surface area contributed by atoms with Gasteiger partial charge in [0.15, 0.2) is 5.75 Å². The van der Waals surface area contributed by atoms with Crippen LogP contribution in [0, 0.1) is 12.7 Å². The first-order valence-corrected chi connectivity index (χ1v) is 7.33. The summed E-state index contributed by atoms with van der Waals surface area (Å²) in [6.45, 7) is 1.85. The number of halogens is 1. The van der Waals surface area contributed by atoms with Crippen molar-refractivity contribution in [1.29, 1.82) is 0 Å². The maximum Gasteiger partial charge on any atom is 0.261 e. The second-order valence-corrected chi connectivity index (χ2v) is 5.20. The molecule has 0 spiro atoms. The van der Waals surface area contributed by atoms with Gasteiger partial charge in [-0.25, -0.2) is 4.39 Å². The number of aromatic nitrogens is 3. The van der Waals surface area contributed by atoms with Gasteiger partial charge in [0.25, 0.3) is 5.71 Å². The Labute approximate surface area is 136 Å². The molecule has 0 N–H and O–H groups in total. The highest BCUT2D eigenvalue weighted by Gasteiger charge is 2.15. The molecule has 118 valence electrons. The molecule has 0 bridgehead atoms. The van der Waals surface area contributed by atoms with Gasteiger partial charge >= 0.3 is 0 Å². The predicted octanol–water partition coefficient (Wildman–Crippen LogP) is 4.52. The number of rotatable bonds is 3. The van der Waals surface area contributed by atoms with Crippen molar-refractivity contribution in [1.82, 2.24) is 15.1 Å². The fourth-order valence-electron chi connectivity index (χ4n) is 2.41. The van der Waals surface area contributed by atoms with Gasteiger partial charge in [0.1, 0.15) is 11.5 Å². The zero-order valence-corrected chi connectivity index (χ0v) is 12.7. The van der Waals surface area contributed by atoms with E-state index in [0.29, 0.717) is 28.3 Å². The second kappa shape index (κ2) is 5.73. The molecule has 0 aliphatic carbocycles. The third-order valence-corrected chi connectivity index (χ3v) is 3.62. The van der Waals surface area contributed by atoms with Crippen molar-refractivity contribution in [2.45, 2.75) is 6.92 Å². The summed E-state index contributed by atoms with van der Waals surface area (Å²) in [5.74, 6) is 0.604. The predicted molar refractivity (Wildman–Crippen MR) is 86.2 cm³/mol. The minimum Gasteiger partial charge on any atom is -0.437 e. The molecule has 0 aliphatic heterocycles. The van der Waals surface area contributed by atoms with Crippen LogP contribution in [0.5, 0.6) is 11.6 Å². The van der Waals surface area contributed by atoms with Crippen molar-refractivity contribution >= 4 is 11.1 Å². The number of hydrogen-bond donors (Lipinski definition) is 0. The van der Waals surface area contributed by atoms with E-state index in [1.54, 1.807) is 48.7 Å². The lowest BCUT2D eigenvalue weighted by atomic mass is 10.1. The maximum atomic E-state index is 14.0. The highest BCUT2D eigenvalue weighted by Crippen LogP contribution is 2.31. The Morgan fingerprint density at radius 1 is 1.04 bits per heavy atom. The van der Waals surface area contributed by atoms with Gasteiger partial charge in [0.2, 0.25) is 5.88 Å². The molecular weight excluding hydrogens is 309 g/mol. The van der Waals surface area contributed by atoms with Crippen molar-refractivity contribution in [2.24, 2.45) is 0 Å². The zero-order valence-electron chi connectivity index (χ0n) is 12.7. The summed E-state index contributed by atoms with van der Waals surface area (Å²) in [7, 11) is 0. The highest BCUT2D eigenvalue weighted by molar-refractivity contribution is 5.89. The number of nitrogens with zero attached hydrogens (tertiary/aromatic N) is 3. The topological polar surface area (TPSA) is 61.0 Å². The van der Waals surface area contributed by atoms with Gasteiger partial charge in [-0.3, -0.25) is 4.98 Å². The van der Waals surface area contributed by atoms with Gasteiger partial charge in [-0.05, 0) is 37.3 Å². The Bertz CT molecular complexity index is 1030. The third kappa shape index (κ3) is 2.48. The van der Waals surface area contributed by atoms with Crippen LogP contribution in [0.2, 0.25) is 0 Å². The van der Waals surface area contributed by atoms with E-state index < -0.39 is 0 Å². The average Bonchev–Trinajstić information content (AvgIpc) is 3.00. The molecule has 0 atom stereocenters. The number of aryl methyl sites for hydroxylation is 1. The molecule has 0 amide bonds. The van der Waals surface area contributed by atoms with Crippen molar-refractivity contribution in [2.75, 3.05) is 0 Å². The van der Waals surface area contributed by atoms with Crippen molar-refractivity contribution in [3.63, 3.8) is 0 Å². The van der Waals surface area contributed by atoms with E-state index in [2.05, 4.69) is 15.1 Å². The van der Waals surface area contributed by atoms with Crippen LogP contribution in [0.4, 0.5) is 4.39 Å². The second-order valence-electron chi connectivity index (χ2n) is 5.20. The number of pyridine rings is 2. The summed E-state index contributed by atoms with van der Waals surface area (Å²) in [4.78, 5) is 8.45. The summed E-state index contributed by atoms with van der Waals surface area (Å²) in [5.41, 5.74) is 1.82. The molecule has 0 radical (unpaired) electrons. The van der Waals surface area contributed by atoms with E-state index in [0.717, 1.165) is 5.69 Å². The van der Waals surface area contributed by atoms with Crippen LogP contribution in [0.15, 0.2) is 59.3 Å². The normalized spacial score (nSPS) is 10.9. The van der Waals surface area contributed by atoms with Crippen LogP contribution in [-0.4, -0.2) is 15.1 Å². The summed E-state index contributed by atoms with van der Waals surface area (Å²) >= 11 is 0. The molecule has 1 aromatic carbocycles. The third-order valence-electron chi connectivity index (χ3n) is 3.62. The van der Waals surface area contributed by atoms with Crippen molar-refractivity contribution in [3.8, 4) is 22.9 Å². The smallest absolute Gasteiger partial charge is 0.261 e. The van der Waals surface area contributed by atoms with Crippen LogP contribution < -0.4 is 4.74 Å². The Morgan fingerprint density at radius 3 is 2.75 bits per heavy atom. The molecule has 3 aromatic heterocycles. The quantitative estimate of drug-likeness (QED) is 0.555. The van der Waals surface area contributed by atoms with Crippen LogP contribution in [0.3, 0.4) is 0 Å². The summed E-state index contributed by atoms with van der Waals surface area (Å²) in [6, 6.07) is 13.4. The van der Waals surface area contributed by atoms with Gasteiger partial charge < -0.3 is 9.26 Å². The first-order chi connectivity index (χ1) is 11.7. The Hall–Kier alpha value is -3.28. The lowest BCUT2D eigenvalue weighted by molar-refractivity contribution is 0.431. The van der Waals surface area contributed by atoms with Crippen LogP contribution in [0.1, 0.15) is 5.69 Å². The number of benzene rings is 1. The molecule has 0 saturated carbocycles. The first kappa shape index (κ1) is 14.3. The Balaban J connectivity index is 1.73. The van der Waals surface area contributed by atoms with E-state index in [-0.39, 0.29) is 11.5 Å². The average molecular weight is 321 g/mol. The van der Waals surface area contributed by atoms with Gasteiger partial charge in [-0.15, -0.1) is 0 Å². The van der Waals surface area contributed by atoms with Crippen LogP contribution >= 0.6 is 0 Å². The molecule has 4 rings (SSSR count). The molecule has 0 fully saturated rings. The fraction of sp³-hybridized carbons (Fsp3) is 0.0556. The van der Waals surface area contributed by atoms with E-state index in [9.17, 15) is 4.39 Å². The number of hydrogen-bond acceptors (Lipinski definition) is 5. The van der Waals surface area contributed by atoms with E-state index >= 15 is 0 Å². The van der Waals surface area contributed by atoms with Gasteiger partial charge in [0, 0.05) is 17.8 Å². The standard InChI is InChI=1S/C18H12FN3O2/c1-11-15(7-4-10-20-11)23-16-9-8-13-17(22-24-18(13)21-16)12-5-2-3-6-14(12)19/h2-10H,1H3. The SMILES string of the molecule is Cc1ncccc1Oc1ccc2c(-c3ccccc3F)noc2n1. The molecule has 0 saturated heterocycles. The van der Waals surface area contributed by atoms with Crippen LogP contribution in [-0.2, 0) is 0 Å². The summed E-state index contributed by atoms with van der Waals surface area (Å²) < 4.78 is 24.9. The number of ether oxygens (including phenoxy) is 1. The summed E-state index contributed by atoms with van der Waals surface area (Å²) in [5, 5.41) is 4.57. The van der Waals surface area contributed by atoms with Crippen LogP contribution in [0.25, 0.3) is 22.4 Å². The molecule has 0 unspecified atom stereocenters. The van der Waals surface area contributed by atoms with E-state index in [1.807, 2.05) is 6.92 Å². The first-order valence-electron chi connectivity index (χ1n) is 7.33. The Morgan fingerprint density at radius 2 is 1.92 bits per heavy atom. The van der Waals surface area contributed by atoms with Gasteiger partial charge in [0.05, 0.1) is 11.1 Å². The monoisotopic (exact) mass is 321 g/mol. The lowest BCUT2D eigenvalue weighted by Gasteiger charge is -2.06. The molecule has 6 heteroatoms. The molecule has 5 nitrogen and oxygen atoms in total. The molecular formula is C18H12FN3O2. The van der Waals surface area contributed by atoms with Gasteiger partial charge in [-0.1, -0.05) is 17.3 Å². The summed E-state index contributed by atoms with van der Waals surface area (Å²) in [6.07, 6.45) is 1.69. The molecule has 0 aliphatic rings. The molecule has 4 aromatic rings. The van der Waals surface area contributed by atoms with Gasteiger partial charge in [-0.2, -0.15) is 4.98 Å². The minimum absolute atomic E-state index is 0.285. The maximum absolute atomic E-state index is 14.0. The molecule has 3 heterocycles. The van der Waals surface area contributed by atoms with E-state index in [4.69, 9.17) is 9.26 Å². The highest BCUT2D eigenvalue weighted by atomic mass is 19.1. The van der Waals surface area contributed by atoms with Crippen molar-refractivity contribution < 1.29 is 13.7 Å². The lowest BCUT2D eigenvalue weighted by Crippen LogP contribution is -1.91. The Kier molecular flexibility index (Phi) is 3.42. The minimum atomic E-state index is -0.362. The van der Waals surface area contributed by atoms with Crippen molar-refractivity contribution in [3.05, 3.63) is 66.2 Å². The molecule has 24 heavy (non-hydrogen) atoms.